The minimum atomic E-state index is -0.188. The van der Waals surface area contributed by atoms with Crippen LogP contribution < -0.4 is 10.1 Å². The molecule has 1 amide bonds. The molecule has 0 heterocycles. The van der Waals surface area contributed by atoms with Crippen molar-refractivity contribution < 1.29 is 9.53 Å². The molecule has 0 aliphatic rings. The van der Waals surface area contributed by atoms with Crippen LogP contribution in [-0.4, -0.2) is 19.6 Å². The summed E-state index contributed by atoms with van der Waals surface area (Å²) in [5.74, 6) is 0.965. The molecular formula is C13H18ClNO2. The van der Waals surface area contributed by atoms with Crippen LogP contribution in [0.1, 0.15) is 30.6 Å². The zero-order valence-electron chi connectivity index (χ0n) is 10.4. The van der Waals surface area contributed by atoms with Crippen molar-refractivity contribution >= 4 is 17.5 Å². The summed E-state index contributed by atoms with van der Waals surface area (Å²) in [6.07, 6.45) is 0.954. The minimum absolute atomic E-state index is 0.188. The number of ether oxygens (including phenoxy) is 1. The van der Waals surface area contributed by atoms with Gasteiger partial charge in [0.05, 0.1) is 12.2 Å². The van der Waals surface area contributed by atoms with E-state index in [4.69, 9.17) is 16.3 Å². The highest BCUT2D eigenvalue weighted by atomic mass is 35.5. The van der Waals surface area contributed by atoms with Crippen LogP contribution in [0.4, 0.5) is 0 Å². The molecule has 17 heavy (non-hydrogen) atoms. The van der Waals surface area contributed by atoms with Crippen LogP contribution in [0.2, 0.25) is 5.02 Å². The van der Waals surface area contributed by atoms with Crippen molar-refractivity contribution in [3.63, 3.8) is 0 Å². The molecule has 3 nitrogen and oxygen atoms in total. The Balaban J connectivity index is 2.79. The zero-order chi connectivity index (χ0) is 12.8. The summed E-state index contributed by atoms with van der Waals surface area (Å²) in [5.41, 5.74) is 0.476. The molecule has 0 aromatic heterocycles. The van der Waals surface area contributed by atoms with E-state index in [1.165, 1.54) is 0 Å². The second-order valence-corrected chi connectivity index (χ2v) is 4.69. The second-order valence-electron chi connectivity index (χ2n) is 4.25. The van der Waals surface area contributed by atoms with Crippen LogP contribution in [0, 0.1) is 5.92 Å². The average Bonchev–Trinajstić information content (AvgIpc) is 2.29. The van der Waals surface area contributed by atoms with Gasteiger partial charge >= 0.3 is 0 Å². The molecule has 0 aliphatic heterocycles. The predicted octanol–water partition coefficient (Wildman–Crippen LogP) is 3.12. The van der Waals surface area contributed by atoms with Crippen molar-refractivity contribution in [1.82, 2.24) is 5.32 Å². The Morgan fingerprint density at radius 1 is 1.47 bits per heavy atom. The van der Waals surface area contributed by atoms with Crippen molar-refractivity contribution in [3.05, 3.63) is 28.8 Å². The van der Waals surface area contributed by atoms with Crippen molar-refractivity contribution in [2.45, 2.75) is 20.3 Å². The normalized spacial score (nSPS) is 10.4. The maximum absolute atomic E-state index is 11.6. The van der Waals surface area contributed by atoms with Crippen LogP contribution in [0.3, 0.4) is 0 Å². The minimum Gasteiger partial charge on any atom is -0.493 e. The van der Waals surface area contributed by atoms with Crippen molar-refractivity contribution in [2.24, 2.45) is 5.92 Å². The van der Waals surface area contributed by atoms with Crippen LogP contribution in [0.25, 0.3) is 0 Å². The predicted molar refractivity (Wildman–Crippen MR) is 69.8 cm³/mol. The smallest absolute Gasteiger partial charge is 0.254 e. The van der Waals surface area contributed by atoms with Gasteiger partial charge in [0.1, 0.15) is 5.75 Å². The van der Waals surface area contributed by atoms with Crippen LogP contribution >= 0.6 is 11.6 Å². The van der Waals surface area contributed by atoms with E-state index < -0.39 is 0 Å². The van der Waals surface area contributed by atoms with Gasteiger partial charge in [0, 0.05) is 12.1 Å². The summed E-state index contributed by atoms with van der Waals surface area (Å²) in [6.45, 7) is 4.86. The first-order chi connectivity index (χ1) is 8.04. The first-order valence-corrected chi connectivity index (χ1v) is 6.06. The molecule has 1 rings (SSSR count). The monoisotopic (exact) mass is 255 g/mol. The van der Waals surface area contributed by atoms with Crippen molar-refractivity contribution in [2.75, 3.05) is 13.7 Å². The lowest BCUT2D eigenvalue weighted by Crippen LogP contribution is -2.19. The van der Waals surface area contributed by atoms with Gasteiger partial charge in [-0.15, -0.1) is 0 Å². The summed E-state index contributed by atoms with van der Waals surface area (Å²) in [4.78, 5) is 11.6. The van der Waals surface area contributed by atoms with Crippen molar-refractivity contribution in [3.8, 4) is 5.75 Å². The van der Waals surface area contributed by atoms with Gasteiger partial charge in [0.2, 0.25) is 0 Å². The van der Waals surface area contributed by atoms with E-state index in [2.05, 4.69) is 19.2 Å². The number of hydrogen-bond donors (Lipinski definition) is 1. The van der Waals surface area contributed by atoms with E-state index in [9.17, 15) is 4.79 Å². The van der Waals surface area contributed by atoms with E-state index >= 15 is 0 Å². The Kier molecular flexibility index (Phi) is 5.29. The topological polar surface area (TPSA) is 38.3 Å². The molecule has 0 saturated heterocycles. The highest BCUT2D eigenvalue weighted by Crippen LogP contribution is 2.23. The van der Waals surface area contributed by atoms with E-state index in [-0.39, 0.29) is 5.91 Å². The van der Waals surface area contributed by atoms with Gasteiger partial charge in [-0.1, -0.05) is 25.4 Å². The Bertz CT molecular complexity index is 391. The zero-order valence-corrected chi connectivity index (χ0v) is 11.2. The molecule has 0 atom stereocenters. The number of halogens is 1. The number of rotatable bonds is 5. The molecule has 0 bridgehead atoms. The Morgan fingerprint density at radius 3 is 2.76 bits per heavy atom. The van der Waals surface area contributed by atoms with Gasteiger partial charge in [-0.25, -0.2) is 0 Å². The summed E-state index contributed by atoms with van der Waals surface area (Å²) in [7, 11) is 1.58. The SMILES string of the molecule is CNC(=O)c1cc(Cl)ccc1OCCC(C)C. The molecule has 0 saturated carbocycles. The lowest BCUT2D eigenvalue weighted by molar-refractivity contribution is 0.0959. The summed E-state index contributed by atoms with van der Waals surface area (Å²) in [6, 6.07) is 5.07. The molecule has 1 N–H and O–H groups in total. The quantitative estimate of drug-likeness (QED) is 0.878. The number of amides is 1. The molecule has 0 aliphatic carbocycles. The first kappa shape index (κ1) is 13.8. The summed E-state index contributed by atoms with van der Waals surface area (Å²) in [5, 5.41) is 3.10. The van der Waals surface area contributed by atoms with Gasteiger partial charge in [-0.3, -0.25) is 4.79 Å². The number of hydrogen-bond acceptors (Lipinski definition) is 2. The maximum Gasteiger partial charge on any atom is 0.254 e. The van der Waals surface area contributed by atoms with Crippen LogP contribution in [-0.2, 0) is 0 Å². The van der Waals surface area contributed by atoms with E-state index in [0.717, 1.165) is 6.42 Å². The standard InChI is InChI=1S/C13H18ClNO2/c1-9(2)6-7-17-12-5-4-10(14)8-11(12)13(16)15-3/h4-5,8-9H,6-7H2,1-3H3,(H,15,16). The number of benzene rings is 1. The molecule has 0 unspecified atom stereocenters. The Hall–Kier alpha value is -1.22. The lowest BCUT2D eigenvalue weighted by Gasteiger charge is -2.12. The molecule has 0 spiro atoms. The van der Waals surface area contributed by atoms with E-state index in [1.807, 2.05) is 0 Å². The highest BCUT2D eigenvalue weighted by molar-refractivity contribution is 6.31. The van der Waals surface area contributed by atoms with Gasteiger partial charge in [0.15, 0.2) is 0 Å². The van der Waals surface area contributed by atoms with Crippen LogP contribution in [0.15, 0.2) is 18.2 Å². The number of nitrogens with one attached hydrogen (secondary N) is 1. The third-order valence-electron chi connectivity index (χ3n) is 2.37. The third kappa shape index (κ3) is 4.27. The summed E-state index contributed by atoms with van der Waals surface area (Å²) >= 11 is 5.87. The van der Waals surface area contributed by atoms with E-state index in [0.29, 0.717) is 28.9 Å². The Labute approximate surface area is 107 Å². The fraction of sp³-hybridized carbons (Fsp3) is 0.462. The number of carbonyl (C=O) groups is 1. The molecule has 4 heteroatoms. The lowest BCUT2D eigenvalue weighted by atomic mass is 10.1. The third-order valence-corrected chi connectivity index (χ3v) is 2.60. The highest BCUT2D eigenvalue weighted by Gasteiger charge is 2.11. The molecule has 1 aromatic rings. The van der Waals surface area contributed by atoms with Crippen molar-refractivity contribution in [1.29, 1.82) is 0 Å². The molecule has 94 valence electrons. The molecule has 1 aromatic carbocycles. The van der Waals surface area contributed by atoms with Crippen LogP contribution in [0.5, 0.6) is 5.75 Å². The molecular weight excluding hydrogens is 238 g/mol. The van der Waals surface area contributed by atoms with E-state index in [1.54, 1.807) is 25.2 Å². The fourth-order valence-corrected chi connectivity index (χ4v) is 1.52. The Morgan fingerprint density at radius 2 is 2.18 bits per heavy atom. The fourth-order valence-electron chi connectivity index (χ4n) is 1.34. The maximum atomic E-state index is 11.6. The molecule has 0 fully saturated rings. The van der Waals surface area contributed by atoms with Gasteiger partial charge in [0.25, 0.3) is 5.91 Å². The summed E-state index contributed by atoms with van der Waals surface area (Å²) < 4.78 is 5.61. The van der Waals surface area contributed by atoms with Gasteiger partial charge in [-0.05, 0) is 30.5 Å². The second kappa shape index (κ2) is 6.50. The van der Waals surface area contributed by atoms with Gasteiger partial charge in [-0.2, -0.15) is 0 Å². The average molecular weight is 256 g/mol. The first-order valence-electron chi connectivity index (χ1n) is 5.69. The number of carbonyl (C=O) groups excluding carboxylic acids is 1. The van der Waals surface area contributed by atoms with Gasteiger partial charge < -0.3 is 10.1 Å². The molecule has 0 radical (unpaired) electrons. The largest absolute Gasteiger partial charge is 0.493 e.